The molecular weight excluding hydrogens is 328 g/mol. The maximum atomic E-state index is 9.93. The third-order valence-corrected chi connectivity index (χ3v) is 6.02. The Balaban J connectivity index is 2.27. The van der Waals surface area contributed by atoms with Crippen molar-refractivity contribution in [3.8, 4) is 18.2 Å². The van der Waals surface area contributed by atoms with E-state index in [0.29, 0.717) is 5.57 Å². The number of nitrogens with two attached hydrogens (primary N) is 1. The molecule has 0 heterocycles. The second kappa shape index (κ2) is 6.67. The SMILES string of the molecule is CSc1ccc(C2C3CCCC=C3C(C#N)=C(N)C2(C#N)C#N)cc1. The predicted molar refractivity (Wildman–Crippen MR) is 96.9 cm³/mol. The number of rotatable bonds is 2. The number of nitriles is 3. The summed E-state index contributed by atoms with van der Waals surface area (Å²) < 4.78 is 0. The van der Waals surface area contributed by atoms with Crippen LogP contribution in [-0.4, -0.2) is 6.26 Å². The summed E-state index contributed by atoms with van der Waals surface area (Å²) >= 11 is 1.64. The van der Waals surface area contributed by atoms with Crippen LogP contribution >= 0.6 is 11.8 Å². The van der Waals surface area contributed by atoms with Gasteiger partial charge in [-0.3, -0.25) is 0 Å². The standard InChI is InChI=1S/C20H18N4S/c1-25-14-8-6-13(7-9-14)18-16-5-3-2-4-15(16)17(10-21)19(24)20(18,11-22)12-23/h4,6-9,16,18H,2-3,5,24H2,1H3. The van der Waals surface area contributed by atoms with E-state index in [1.807, 2.05) is 30.5 Å². The van der Waals surface area contributed by atoms with Crippen molar-refractivity contribution >= 4 is 11.8 Å². The second-order valence-electron chi connectivity index (χ2n) is 6.38. The Labute approximate surface area is 152 Å². The van der Waals surface area contributed by atoms with E-state index in [1.54, 1.807) is 11.8 Å². The van der Waals surface area contributed by atoms with Gasteiger partial charge in [0, 0.05) is 10.8 Å². The smallest absolute Gasteiger partial charge is 0.191 e. The fourth-order valence-corrected chi connectivity index (χ4v) is 4.47. The molecule has 0 amide bonds. The largest absolute Gasteiger partial charge is 0.399 e. The lowest BCUT2D eigenvalue weighted by Gasteiger charge is -2.43. The molecule has 0 saturated heterocycles. The van der Waals surface area contributed by atoms with Crippen LogP contribution in [-0.2, 0) is 0 Å². The Morgan fingerprint density at radius 1 is 1.16 bits per heavy atom. The van der Waals surface area contributed by atoms with Gasteiger partial charge in [-0.1, -0.05) is 18.2 Å². The van der Waals surface area contributed by atoms with Crippen LogP contribution in [0.5, 0.6) is 0 Å². The summed E-state index contributed by atoms with van der Waals surface area (Å²) in [7, 11) is 0. The van der Waals surface area contributed by atoms with Crippen LogP contribution in [0.25, 0.3) is 0 Å². The highest BCUT2D eigenvalue weighted by Crippen LogP contribution is 2.55. The van der Waals surface area contributed by atoms with Crippen LogP contribution in [0.15, 0.2) is 52.1 Å². The van der Waals surface area contributed by atoms with Crippen LogP contribution in [0, 0.1) is 45.3 Å². The summed E-state index contributed by atoms with van der Waals surface area (Å²) in [5.41, 5.74) is 7.00. The zero-order valence-corrected chi connectivity index (χ0v) is 14.8. The van der Waals surface area contributed by atoms with E-state index in [-0.39, 0.29) is 17.5 Å². The van der Waals surface area contributed by atoms with Gasteiger partial charge in [-0.25, -0.2) is 0 Å². The molecule has 0 fully saturated rings. The molecule has 0 aliphatic heterocycles. The van der Waals surface area contributed by atoms with Crippen LogP contribution < -0.4 is 5.73 Å². The van der Waals surface area contributed by atoms with Crippen molar-refractivity contribution < 1.29 is 0 Å². The van der Waals surface area contributed by atoms with Crippen molar-refractivity contribution in [3.63, 3.8) is 0 Å². The second-order valence-corrected chi connectivity index (χ2v) is 7.26. The monoisotopic (exact) mass is 346 g/mol. The fourth-order valence-electron chi connectivity index (χ4n) is 4.06. The topological polar surface area (TPSA) is 97.4 Å². The molecule has 2 aliphatic rings. The van der Waals surface area contributed by atoms with Crippen LogP contribution in [0.4, 0.5) is 0 Å². The Morgan fingerprint density at radius 3 is 2.40 bits per heavy atom. The molecule has 2 atom stereocenters. The lowest BCUT2D eigenvalue weighted by molar-refractivity contribution is 0.317. The van der Waals surface area contributed by atoms with Gasteiger partial charge in [0.1, 0.15) is 6.07 Å². The van der Waals surface area contributed by atoms with Crippen molar-refractivity contribution in [2.24, 2.45) is 17.1 Å². The molecule has 25 heavy (non-hydrogen) atoms. The summed E-state index contributed by atoms with van der Waals surface area (Å²) in [6, 6.07) is 14.5. The molecule has 0 bridgehead atoms. The minimum Gasteiger partial charge on any atom is -0.399 e. The van der Waals surface area contributed by atoms with Crippen LogP contribution in [0.3, 0.4) is 0 Å². The molecule has 0 radical (unpaired) electrons. The first-order chi connectivity index (χ1) is 12.1. The molecule has 124 valence electrons. The van der Waals surface area contributed by atoms with Crippen LogP contribution in [0.2, 0.25) is 0 Å². The number of benzene rings is 1. The molecule has 3 rings (SSSR count). The van der Waals surface area contributed by atoms with Crippen LogP contribution in [0.1, 0.15) is 30.7 Å². The number of hydrogen-bond donors (Lipinski definition) is 1. The normalized spacial score (nSPS) is 24.3. The van der Waals surface area contributed by atoms with E-state index in [1.165, 1.54) is 0 Å². The minimum atomic E-state index is -1.51. The summed E-state index contributed by atoms with van der Waals surface area (Å²) in [6.07, 6.45) is 6.80. The minimum absolute atomic E-state index is 0.0323. The Bertz CT molecular complexity index is 860. The average Bonchev–Trinajstić information content (AvgIpc) is 2.67. The molecule has 1 aromatic carbocycles. The zero-order valence-electron chi connectivity index (χ0n) is 14.0. The van der Waals surface area contributed by atoms with Gasteiger partial charge in [0.15, 0.2) is 5.41 Å². The van der Waals surface area contributed by atoms with Gasteiger partial charge in [-0.2, -0.15) is 15.8 Å². The first-order valence-corrected chi connectivity index (χ1v) is 9.42. The van der Waals surface area contributed by atoms with Gasteiger partial charge in [-0.15, -0.1) is 11.8 Å². The van der Waals surface area contributed by atoms with E-state index in [0.717, 1.165) is 35.3 Å². The molecule has 2 aliphatic carbocycles. The quantitative estimate of drug-likeness (QED) is 0.816. The van der Waals surface area contributed by atoms with E-state index in [2.05, 4.69) is 24.3 Å². The van der Waals surface area contributed by atoms with E-state index in [4.69, 9.17) is 5.73 Å². The molecule has 2 N–H and O–H groups in total. The summed E-state index contributed by atoms with van der Waals surface area (Å²) in [5, 5.41) is 29.5. The van der Waals surface area contributed by atoms with E-state index in [9.17, 15) is 15.8 Å². The van der Waals surface area contributed by atoms with Gasteiger partial charge in [0.25, 0.3) is 0 Å². The molecule has 4 nitrogen and oxygen atoms in total. The molecule has 5 heteroatoms. The zero-order chi connectivity index (χ0) is 18.0. The van der Waals surface area contributed by atoms with Crippen molar-refractivity contribution in [1.82, 2.24) is 0 Å². The van der Waals surface area contributed by atoms with Gasteiger partial charge < -0.3 is 5.73 Å². The average molecular weight is 346 g/mol. The Hall–Kier alpha value is -2.68. The summed E-state index contributed by atoms with van der Waals surface area (Å²) in [4.78, 5) is 1.12. The van der Waals surface area contributed by atoms with Gasteiger partial charge in [-0.05, 0) is 54.7 Å². The lowest BCUT2D eigenvalue weighted by atomic mass is 9.57. The first kappa shape index (κ1) is 17.2. The third kappa shape index (κ3) is 2.51. The highest BCUT2D eigenvalue weighted by molar-refractivity contribution is 7.98. The van der Waals surface area contributed by atoms with Crippen molar-refractivity contribution in [2.75, 3.05) is 6.26 Å². The Morgan fingerprint density at radius 2 is 1.84 bits per heavy atom. The summed E-state index contributed by atoms with van der Waals surface area (Å²) in [6.45, 7) is 0. The number of nitrogens with zero attached hydrogens (tertiary/aromatic N) is 3. The highest BCUT2D eigenvalue weighted by atomic mass is 32.2. The van der Waals surface area contributed by atoms with Crippen molar-refractivity contribution in [2.45, 2.75) is 30.1 Å². The number of fused-ring (bicyclic) bond motifs is 1. The van der Waals surface area contributed by atoms with Gasteiger partial charge in [0.2, 0.25) is 0 Å². The van der Waals surface area contributed by atoms with E-state index < -0.39 is 5.41 Å². The first-order valence-electron chi connectivity index (χ1n) is 8.20. The fraction of sp³-hybridized carbons (Fsp3) is 0.350. The molecule has 1 aromatic rings. The van der Waals surface area contributed by atoms with Gasteiger partial charge >= 0.3 is 0 Å². The highest BCUT2D eigenvalue weighted by Gasteiger charge is 2.53. The van der Waals surface area contributed by atoms with E-state index >= 15 is 0 Å². The molecule has 0 saturated carbocycles. The Kier molecular flexibility index (Phi) is 4.58. The lowest BCUT2D eigenvalue weighted by Crippen LogP contribution is -2.42. The molecule has 2 unspecified atom stereocenters. The van der Waals surface area contributed by atoms with Crippen molar-refractivity contribution in [1.29, 1.82) is 15.8 Å². The number of hydrogen-bond acceptors (Lipinski definition) is 5. The maximum absolute atomic E-state index is 9.93. The summed E-state index contributed by atoms with van der Waals surface area (Å²) in [5.74, 6) is -0.391. The number of allylic oxidation sites excluding steroid dienone is 4. The van der Waals surface area contributed by atoms with Gasteiger partial charge in [0.05, 0.1) is 23.4 Å². The predicted octanol–water partition coefficient (Wildman–Crippen LogP) is 4.00. The maximum Gasteiger partial charge on any atom is 0.191 e. The van der Waals surface area contributed by atoms with Crippen molar-refractivity contribution in [3.05, 3.63) is 52.7 Å². The molecule has 0 aromatic heterocycles. The molecular formula is C20H18N4S. The number of thioether (sulfide) groups is 1. The molecule has 0 spiro atoms. The third-order valence-electron chi connectivity index (χ3n) is 5.27.